The summed E-state index contributed by atoms with van der Waals surface area (Å²) in [7, 11) is 2.06. The van der Waals surface area contributed by atoms with Crippen LogP contribution in [0.15, 0.2) is 36.9 Å². The number of piperazine rings is 1. The number of benzene rings is 1. The third-order valence-electron chi connectivity index (χ3n) is 8.38. The van der Waals surface area contributed by atoms with Gasteiger partial charge in [-0.05, 0) is 56.7 Å². The van der Waals surface area contributed by atoms with Gasteiger partial charge in [0.25, 0.3) is 0 Å². The number of amides is 1. The first-order valence-electron chi connectivity index (χ1n) is 13.7. The zero-order valence-corrected chi connectivity index (χ0v) is 24.4. The molecule has 3 aromatic rings. The first-order chi connectivity index (χ1) is 19.9. The van der Waals surface area contributed by atoms with Crippen molar-refractivity contribution in [3.05, 3.63) is 47.5 Å². The topological polar surface area (TPSA) is 101 Å². The van der Waals surface area contributed by atoms with E-state index in [2.05, 4.69) is 42.3 Å². The third kappa shape index (κ3) is 5.82. The smallest absolute Gasteiger partial charge is 0.418 e. The maximum absolute atomic E-state index is 13.9. The summed E-state index contributed by atoms with van der Waals surface area (Å²) in [6, 6.07) is 5.68. The predicted molar refractivity (Wildman–Crippen MR) is 156 cm³/mol. The average molecular weight is 604 g/mol. The number of alkyl halides is 3. The van der Waals surface area contributed by atoms with E-state index in [0.717, 1.165) is 18.6 Å². The molecule has 0 bridgehead atoms. The summed E-state index contributed by atoms with van der Waals surface area (Å²) in [6.45, 7) is 10.1. The lowest BCUT2D eigenvalue weighted by molar-refractivity contribution is -0.137. The molecule has 0 saturated carbocycles. The number of pyridine rings is 1. The highest BCUT2D eigenvalue weighted by Gasteiger charge is 2.36. The summed E-state index contributed by atoms with van der Waals surface area (Å²) in [4.78, 5) is 31.4. The van der Waals surface area contributed by atoms with Gasteiger partial charge in [-0.2, -0.15) is 23.1 Å². The number of carbonyl (C=O) groups excluding carboxylic acids is 1. The molecular weight excluding hydrogens is 571 g/mol. The molecule has 42 heavy (non-hydrogen) atoms. The van der Waals surface area contributed by atoms with Gasteiger partial charge in [0.2, 0.25) is 5.91 Å². The zero-order valence-electron chi connectivity index (χ0n) is 23.7. The van der Waals surface area contributed by atoms with E-state index >= 15 is 0 Å². The van der Waals surface area contributed by atoms with Crippen LogP contribution in [0, 0.1) is 5.92 Å². The number of nitrogen functional groups attached to an aromatic ring is 1. The fourth-order valence-electron chi connectivity index (χ4n) is 5.66. The van der Waals surface area contributed by atoms with Crippen molar-refractivity contribution < 1.29 is 22.7 Å². The molecule has 9 nitrogen and oxygen atoms in total. The number of halogens is 4. The molecule has 4 heterocycles. The molecule has 5 rings (SSSR count). The van der Waals surface area contributed by atoms with E-state index in [1.807, 2.05) is 4.90 Å². The van der Waals surface area contributed by atoms with Gasteiger partial charge in [0.1, 0.15) is 18.2 Å². The minimum absolute atomic E-state index is 0.0407. The molecule has 2 N–H and O–H groups in total. The number of likely N-dealkylation sites (tertiary alicyclic amines) is 1. The van der Waals surface area contributed by atoms with Crippen molar-refractivity contribution in [2.75, 3.05) is 50.5 Å². The summed E-state index contributed by atoms with van der Waals surface area (Å²) >= 11 is 6.61. The van der Waals surface area contributed by atoms with Crippen LogP contribution in [0.3, 0.4) is 0 Å². The lowest BCUT2D eigenvalue weighted by atomic mass is 10.0. The van der Waals surface area contributed by atoms with Gasteiger partial charge in [-0.25, -0.2) is 4.98 Å². The number of likely N-dealkylation sites (N-methyl/N-ethyl adjacent to an activating group) is 1. The largest absolute Gasteiger partial charge is 0.462 e. The number of nitrogens with zero attached hydrogens (tertiary/aromatic N) is 6. The van der Waals surface area contributed by atoms with Crippen molar-refractivity contribution in [3.8, 4) is 17.3 Å². The summed E-state index contributed by atoms with van der Waals surface area (Å²) in [5.74, 6) is 0.799. The molecule has 0 spiro atoms. The van der Waals surface area contributed by atoms with Crippen molar-refractivity contribution in [2.24, 2.45) is 5.92 Å². The number of anilines is 2. The lowest BCUT2D eigenvalue weighted by Gasteiger charge is -2.35. The number of hydrogen-bond acceptors (Lipinski definition) is 8. The maximum Gasteiger partial charge on any atom is 0.418 e. The van der Waals surface area contributed by atoms with Gasteiger partial charge < -0.3 is 20.3 Å². The minimum Gasteiger partial charge on any atom is -0.462 e. The molecule has 224 valence electrons. The van der Waals surface area contributed by atoms with Crippen molar-refractivity contribution in [2.45, 2.75) is 38.5 Å². The van der Waals surface area contributed by atoms with Crippen LogP contribution in [0.4, 0.5) is 24.8 Å². The molecule has 2 fully saturated rings. The molecule has 0 aliphatic carbocycles. The Kier molecular flexibility index (Phi) is 8.21. The van der Waals surface area contributed by atoms with E-state index in [-0.39, 0.29) is 40.1 Å². The molecule has 2 saturated heterocycles. The Bertz CT molecular complexity index is 1510. The van der Waals surface area contributed by atoms with Crippen LogP contribution in [0.5, 0.6) is 6.01 Å². The fourth-order valence-corrected chi connectivity index (χ4v) is 5.91. The van der Waals surface area contributed by atoms with Crippen molar-refractivity contribution >= 4 is 40.0 Å². The molecule has 2 aromatic heterocycles. The molecule has 13 heteroatoms. The van der Waals surface area contributed by atoms with E-state index in [9.17, 15) is 18.0 Å². The predicted octanol–water partition coefficient (Wildman–Crippen LogP) is 4.89. The molecule has 1 aromatic carbocycles. The second kappa shape index (κ2) is 11.6. The standard InChI is InChI=1S/C29H33ClF3N7O2/c1-5-25(41)39-8-10-40(11-9-39)27-20-13-22(30)19(26-21(29(31,32)33)6-7-24(34)36-26)14-23(20)35-28(37-27)42-15-18-12-16(2)17(3)38(18)4/h5-7,13-14,16-18H,1,8-12,15H2,2-4H3,(H2,34,36)/t16-,17+,18+/m1/s1. The highest BCUT2D eigenvalue weighted by atomic mass is 35.5. The van der Waals surface area contributed by atoms with Crippen LogP contribution >= 0.6 is 11.6 Å². The Morgan fingerprint density at radius 1 is 1.17 bits per heavy atom. The number of hydrogen-bond donors (Lipinski definition) is 1. The van der Waals surface area contributed by atoms with Gasteiger partial charge in [0.05, 0.1) is 21.8 Å². The Hall–Kier alpha value is -3.64. The van der Waals surface area contributed by atoms with Gasteiger partial charge in [-0.15, -0.1) is 0 Å². The van der Waals surface area contributed by atoms with E-state index in [1.165, 1.54) is 12.1 Å². The quantitative estimate of drug-likeness (QED) is 0.398. The van der Waals surface area contributed by atoms with Crippen LogP contribution in [-0.2, 0) is 11.0 Å². The summed E-state index contributed by atoms with van der Waals surface area (Å²) in [5.41, 5.74) is 4.82. The Morgan fingerprint density at radius 2 is 1.88 bits per heavy atom. The van der Waals surface area contributed by atoms with Crippen molar-refractivity contribution in [1.82, 2.24) is 24.8 Å². The number of ether oxygens (including phenoxy) is 1. The number of rotatable bonds is 6. The highest BCUT2D eigenvalue weighted by molar-refractivity contribution is 6.34. The molecule has 0 unspecified atom stereocenters. The van der Waals surface area contributed by atoms with Crippen molar-refractivity contribution in [3.63, 3.8) is 0 Å². The zero-order chi connectivity index (χ0) is 30.3. The number of fused-ring (bicyclic) bond motifs is 1. The van der Waals surface area contributed by atoms with Gasteiger partial charge >= 0.3 is 12.2 Å². The van der Waals surface area contributed by atoms with E-state index < -0.39 is 11.7 Å². The van der Waals surface area contributed by atoms with Gasteiger partial charge in [0, 0.05) is 49.2 Å². The summed E-state index contributed by atoms with van der Waals surface area (Å²) in [6.07, 6.45) is -2.44. The van der Waals surface area contributed by atoms with Gasteiger partial charge in [-0.3, -0.25) is 9.69 Å². The first kappa shape index (κ1) is 29.8. The fraction of sp³-hybridized carbons (Fsp3) is 0.448. The summed E-state index contributed by atoms with van der Waals surface area (Å²) in [5, 5.41) is 0.581. The van der Waals surface area contributed by atoms with Gasteiger partial charge in [0.15, 0.2) is 0 Å². The van der Waals surface area contributed by atoms with E-state index in [4.69, 9.17) is 27.1 Å². The highest BCUT2D eigenvalue weighted by Crippen LogP contribution is 2.41. The molecule has 0 radical (unpaired) electrons. The van der Waals surface area contributed by atoms with E-state index in [0.29, 0.717) is 61.5 Å². The molecule has 2 aliphatic rings. The number of aromatic nitrogens is 3. The Balaban J connectivity index is 1.57. The normalized spacial score (nSPS) is 21.6. The SMILES string of the molecule is C=CC(=O)N1CCN(c2nc(OC[C@@H]3C[C@@H](C)[C@H](C)N3C)nc3cc(-c4nc(N)ccc4C(F)(F)F)c(Cl)cc23)CC1. The number of carbonyl (C=O) groups is 1. The monoisotopic (exact) mass is 603 g/mol. The van der Waals surface area contributed by atoms with Gasteiger partial charge in [-0.1, -0.05) is 25.1 Å². The second-order valence-corrected chi connectivity index (χ2v) is 11.3. The maximum atomic E-state index is 13.9. The van der Waals surface area contributed by atoms with Crippen molar-refractivity contribution in [1.29, 1.82) is 0 Å². The van der Waals surface area contributed by atoms with Crippen LogP contribution in [0.1, 0.15) is 25.8 Å². The first-order valence-corrected chi connectivity index (χ1v) is 14.1. The minimum atomic E-state index is -4.68. The average Bonchev–Trinajstić information content (AvgIpc) is 3.20. The molecular formula is C29H33ClF3N7O2. The molecule has 3 atom stereocenters. The lowest BCUT2D eigenvalue weighted by Crippen LogP contribution is -2.48. The second-order valence-electron chi connectivity index (χ2n) is 10.9. The Morgan fingerprint density at radius 3 is 2.50 bits per heavy atom. The van der Waals surface area contributed by atoms with Crippen LogP contribution in [0.2, 0.25) is 5.02 Å². The molecule has 1 amide bonds. The number of nitrogens with two attached hydrogens (primary N) is 1. The van der Waals surface area contributed by atoms with Crippen LogP contribution < -0.4 is 15.4 Å². The molecule has 2 aliphatic heterocycles. The Labute approximate surface area is 247 Å². The van der Waals surface area contributed by atoms with Crippen LogP contribution in [-0.4, -0.2) is 82.6 Å². The van der Waals surface area contributed by atoms with E-state index in [1.54, 1.807) is 11.0 Å². The van der Waals surface area contributed by atoms with Crippen LogP contribution in [0.25, 0.3) is 22.2 Å². The third-order valence-corrected chi connectivity index (χ3v) is 8.69. The summed E-state index contributed by atoms with van der Waals surface area (Å²) < 4.78 is 47.9.